The van der Waals surface area contributed by atoms with Gasteiger partial charge in [-0.25, -0.2) is 0 Å². The van der Waals surface area contributed by atoms with Crippen LogP contribution in [0.5, 0.6) is 0 Å². The second kappa shape index (κ2) is 11.5. The average molecular weight is 422 g/mol. The maximum Gasteiger partial charge on any atom is 0.416 e. The van der Waals surface area contributed by atoms with Gasteiger partial charge >= 0.3 is 6.18 Å². The van der Waals surface area contributed by atoms with E-state index in [1.54, 1.807) is 6.07 Å². The molecule has 1 aromatic rings. The number of hydrogen-bond donors (Lipinski definition) is 1. The molecule has 0 spiro atoms. The minimum Gasteiger partial charge on any atom is -0.314 e. The highest BCUT2D eigenvalue weighted by Crippen LogP contribution is 2.36. The molecule has 8 heteroatoms. The fraction of sp³-hybridized carbons (Fsp3) is 0.647. The highest BCUT2D eigenvalue weighted by atomic mass is 35.5. The third-order valence-electron chi connectivity index (χ3n) is 4.31. The summed E-state index contributed by atoms with van der Waals surface area (Å²) in [4.78, 5) is 2.28. The highest BCUT2D eigenvalue weighted by Gasteiger charge is 2.32. The number of hydrogen-bond acceptors (Lipinski definition) is 2. The van der Waals surface area contributed by atoms with Crippen molar-refractivity contribution >= 4 is 36.4 Å². The van der Waals surface area contributed by atoms with Crippen molar-refractivity contribution in [1.82, 2.24) is 10.2 Å². The predicted molar refractivity (Wildman–Crippen MR) is 102 cm³/mol. The first-order chi connectivity index (χ1) is 10.9. The van der Waals surface area contributed by atoms with Gasteiger partial charge in [0.25, 0.3) is 0 Å². The average Bonchev–Trinajstić information content (AvgIpc) is 2.51. The van der Waals surface area contributed by atoms with Crippen LogP contribution in [0, 0.1) is 0 Å². The molecule has 2 rings (SSSR count). The summed E-state index contributed by atoms with van der Waals surface area (Å²) in [6.45, 7) is 5.57. The molecule has 1 heterocycles. The van der Waals surface area contributed by atoms with Crippen molar-refractivity contribution in [3.8, 4) is 0 Å². The smallest absolute Gasteiger partial charge is 0.314 e. The van der Waals surface area contributed by atoms with Crippen LogP contribution < -0.4 is 5.32 Å². The molecule has 1 aromatic carbocycles. The van der Waals surface area contributed by atoms with E-state index in [1.165, 1.54) is 6.07 Å². The van der Waals surface area contributed by atoms with E-state index in [1.807, 2.05) is 0 Å². The first-order valence-corrected chi connectivity index (χ1v) is 8.62. The molecule has 146 valence electrons. The molecule has 2 nitrogen and oxygen atoms in total. The first kappa shape index (κ1) is 24.8. The molecule has 0 aromatic heterocycles. The van der Waals surface area contributed by atoms with Crippen LogP contribution >= 0.6 is 36.4 Å². The molecule has 1 N–H and O–H groups in total. The number of benzene rings is 1. The van der Waals surface area contributed by atoms with Crippen LogP contribution in [-0.4, -0.2) is 31.1 Å². The van der Waals surface area contributed by atoms with Crippen LogP contribution in [0.15, 0.2) is 18.2 Å². The van der Waals surface area contributed by atoms with Gasteiger partial charge in [0, 0.05) is 37.2 Å². The molecule has 0 saturated carbocycles. The van der Waals surface area contributed by atoms with Gasteiger partial charge in [-0.2, -0.15) is 13.2 Å². The van der Waals surface area contributed by atoms with Gasteiger partial charge in [0.2, 0.25) is 0 Å². The van der Waals surface area contributed by atoms with Crippen LogP contribution in [-0.2, 0) is 6.18 Å². The minimum absolute atomic E-state index is 0. The second-order valence-electron chi connectivity index (χ2n) is 6.07. The van der Waals surface area contributed by atoms with E-state index in [0.717, 1.165) is 57.9 Å². The summed E-state index contributed by atoms with van der Waals surface area (Å²) in [7, 11) is 0. The Morgan fingerprint density at radius 3 is 2.32 bits per heavy atom. The molecule has 0 amide bonds. The maximum atomic E-state index is 13.1. The molecule has 0 unspecified atom stereocenters. The van der Waals surface area contributed by atoms with Crippen molar-refractivity contribution in [3.05, 3.63) is 34.3 Å². The van der Waals surface area contributed by atoms with Gasteiger partial charge in [-0.3, -0.25) is 4.90 Å². The number of nitrogens with one attached hydrogen (secondary N) is 1. The summed E-state index contributed by atoms with van der Waals surface area (Å²) in [6.07, 6.45) is -0.297. The summed E-state index contributed by atoms with van der Waals surface area (Å²) in [5.74, 6) is 0. The lowest BCUT2D eigenvalue weighted by molar-refractivity contribution is -0.137. The van der Waals surface area contributed by atoms with E-state index in [0.29, 0.717) is 5.56 Å². The van der Waals surface area contributed by atoms with Crippen LogP contribution in [0.4, 0.5) is 13.2 Å². The Labute approximate surface area is 165 Å². The number of halogens is 6. The third kappa shape index (κ3) is 7.51. The second-order valence-corrected chi connectivity index (χ2v) is 6.50. The van der Waals surface area contributed by atoms with Crippen molar-refractivity contribution in [2.45, 2.75) is 44.8 Å². The number of nitrogens with zero attached hydrogens (tertiary/aromatic N) is 1. The molecule has 1 saturated heterocycles. The van der Waals surface area contributed by atoms with Gasteiger partial charge in [-0.05, 0) is 30.2 Å². The van der Waals surface area contributed by atoms with Gasteiger partial charge in [0.05, 0.1) is 5.56 Å². The van der Waals surface area contributed by atoms with Crippen molar-refractivity contribution in [2.75, 3.05) is 26.2 Å². The molecule has 25 heavy (non-hydrogen) atoms. The summed E-state index contributed by atoms with van der Waals surface area (Å²) in [6, 6.07) is 3.97. The summed E-state index contributed by atoms with van der Waals surface area (Å²) < 4.78 is 39.2. The Morgan fingerprint density at radius 2 is 1.76 bits per heavy atom. The number of rotatable bonds is 6. The lowest BCUT2D eigenvalue weighted by atomic mass is 9.96. The van der Waals surface area contributed by atoms with Crippen molar-refractivity contribution in [3.63, 3.8) is 0 Å². The van der Waals surface area contributed by atoms with E-state index in [9.17, 15) is 13.2 Å². The van der Waals surface area contributed by atoms with Crippen LogP contribution in [0.3, 0.4) is 0 Å². The fourth-order valence-corrected chi connectivity index (χ4v) is 3.35. The highest BCUT2D eigenvalue weighted by molar-refractivity contribution is 6.30. The largest absolute Gasteiger partial charge is 0.416 e. The van der Waals surface area contributed by atoms with Gasteiger partial charge in [0.1, 0.15) is 0 Å². The van der Waals surface area contributed by atoms with E-state index in [-0.39, 0.29) is 35.9 Å². The maximum absolute atomic E-state index is 13.1. The Kier molecular flexibility index (Phi) is 11.4. The number of piperazine rings is 1. The van der Waals surface area contributed by atoms with Crippen LogP contribution in [0.1, 0.15) is 49.8 Å². The Hall–Kier alpha value is -0.200. The molecular weight excluding hydrogens is 396 g/mol. The molecule has 0 bridgehead atoms. The predicted octanol–water partition coefficient (Wildman–Crippen LogP) is 5.73. The fourth-order valence-electron chi connectivity index (χ4n) is 3.11. The summed E-state index contributed by atoms with van der Waals surface area (Å²) in [5, 5.41) is 3.45. The lowest BCUT2D eigenvalue weighted by Gasteiger charge is -2.35. The summed E-state index contributed by atoms with van der Waals surface area (Å²) in [5.41, 5.74) is 0.0263. The lowest BCUT2D eigenvalue weighted by Crippen LogP contribution is -2.45. The van der Waals surface area contributed by atoms with Crippen molar-refractivity contribution in [2.24, 2.45) is 0 Å². The van der Waals surface area contributed by atoms with Crippen LogP contribution in [0.25, 0.3) is 0 Å². The van der Waals surface area contributed by atoms with Gasteiger partial charge < -0.3 is 5.32 Å². The molecular formula is C17H26Cl3F3N2. The molecule has 1 aliphatic rings. The van der Waals surface area contributed by atoms with E-state index < -0.39 is 11.7 Å². The zero-order valence-electron chi connectivity index (χ0n) is 14.2. The van der Waals surface area contributed by atoms with Gasteiger partial charge in [-0.1, -0.05) is 37.8 Å². The summed E-state index contributed by atoms with van der Waals surface area (Å²) >= 11 is 5.97. The zero-order valence-corrected chi connectivity index (χ0v) is 16.6. The van der Waals surface area contributed by atoms with E-state index in [4.69, 9.17) is 11.6 Å². The molecule has 1 atom stereocenters. The standard InChI is InChI=1S/C17H24ClF3N2.2ClH/c1-2-3-4-5-16(23-8-6-22-7-9-23)13-10-14(17(19,20)21)12-15(18)11-13;;/h10-12,16,22H,2-9H2,1H3;2*1H/t16-;;/m0../s1. The Balaban J connectivity index is 0.00000288. The Bertz CT molecular complexity index is 506. The van der Waals surface area contributed by atoms with Crippen molar-refractivity contribution in [1.29, 1.82) is 0 Å². The zero-order chi connectivity index (χ0) is 16.9. The number of alkyl halides is 3. The van der Waals surface area contributed by atoms with Gasteiger partial charge in [0.15, 0.2) is 0 Å². The quantitative estimate of drug-likeness (QED) is 0.590. The molecule has 0 radical (unpaired) electrons. The normalized spacial score (nSPS) is 16.7. The van der Waals surface area contributed by atoms with E-state index in [2.05, 4.69) is 17.1 Å². The minimum atomic E-state index is -4.36. The van der Waals surface area contributed by atoms with Gasteiger partial charge in [-0.15, -0.1) is 24.8 Å². The SMILES string of the molecule is CCCCC[C@@H](c1cc(Cl)cc(C(F)(F)F)c1)N1CCNCC1.Cl.Cl. The monoisotopic (exact) mass is 420 g/mol. The third-order valence-corrected chi connectivity index (χ3v) is 4.52. The number of unbranched alkanes of at least 4 members (excludes halogenated alkanes) is 2. The molecule has 1 aliphatic heterocycles. The topological polar surface area (TPSA) is 15.3 Å². The van der Waals surface area contributed by atoms with E-state index >= 15 is 0 Å². The molecule has 1 fully saturated rings. The van der Waals surface area contributed by atoms with Crippen LogP contribution in [0.2, 0.25) is 5.02 Å². The molecule has 0 aliphatic carbocycles. The van der Waals surface area contributed by atoms with Crippen molar-refractivity contribution < 1.29 is 13.2 Å². The first-order valence-electron chi connectivity index (χ1n) is 8.24. The Morgan fingerprint density at radius 1 is 1.12 bits per heavy atom.